The largest absolute Gasteiger partial charge is 0.307 e. The van der Waals surface area contributed by atoms with E-state index >= 15 is 0 Å². The zero-order chi connectivity index (χ0) is 14.7. The van der Waals surface area contributed by atoms with Crippen molar-refractivity contribution in [3.05, 3.63) is 62.8 Å². The molecule has 0 saturated heterocycles. The van der Waals surface area contributed by atoms with Gasteiger partial charge in [-0.2, -0.15) is 0 Å². The van der Waals surface area contributed by atoms with Gasteiger partial charge in [-0.15, -0.1) is 0 Å². The van der Waals surface area contributed by atoms with Gasteiger partial charge in [0, 0.05) is 17.7 Å². The van der Waals surface area contributed by atoms with Crippen molar-refractivity contribution in [2.45, 2.75) is 6.92 Å². The average Bonchev–Trinajstić information content (AvgIpc) is 2.38. The summed E-state index contributed by atoms with van der Waals surface area (Å²) in [5, 5.41) is 13.5. The van der Waals surface area contributed by atoms with Crippen molar-refractivity contribution in [1.82, 2.24) is 4.98 Å². The Hall–Kier alpha value is -2.47. The van der Waals surface area contributed by atoms with Crippen LogP contribution in [0.3, 0.4) is 0 Å². The summed E-state index contributed by atoms with van der Waals surface area (Å²) in [4.78, 5) is 26.1. The molecule has 0 saturated carbocycles. The lowest BCUT2D eigenvalue weighted by molar-refractivity contribution is -0.384. The molecular weight excluding hydrogens is 282 g/mol. The van der Waals surface area contributed by atoms with Gasteiger partial charge in [-0.25, -0.2) is 4.98 Å². The van der Waals surface area contributed by atoms with Crippen molar-refractivity contribution in [2.24, 2.45) is 0 Å². The number of nitro benzene ring substituents is 1. The number of carbonyl (C=O) groups is 1. The maximum Gasteiger partial charge on any atom is 0.269 e. The summed E-state index contributed by atoms with van der Waals surface area (Å²) in [6.45, 7) is 1.63. The van der Waals surface area contributed by atoms with Crippen LogP contribution in [0.4, 0.5) is 11.5 Å². The first-order chi connectivity index (χ1) is 9.47. The highest BCUT2D eigenvalue weighted by Crippen LogP contribution is 2.18. The second kappa shape index (κ2) is 5.66. The summed E-state index contributed by atoms with van der Waals surface area (Å²) in [5.74, 6) is -0.0765. The van der Waals surface area contributed by atoms with Crippen LogP contribution in [-0.4, -0.2) is 15.8 Å². The smallest absolute Gasteiger partial charge is 0.269 e. The molecule has 0 fully saturated rings. The van der Waals surface area contributed by atoms with E-state index in [2.05, 4.69) is 10.3 Å². The van der Waals surface area contributed by atoms with Gasteiger partial charge in [-0.05, 0) is 30.7 Å². The van der Waals surface area contributed by atoms with E-state index < -0.39 is 10.8 Å². The van der Waals surface area contributed by atoms with Crippen LogP contribution in [0.1, 0.15) is 15.9 Å². The van der Waals surface area contributed by atoms with Crippen LogP contribution >= 0.6 is 11.6 Å². The van der Waals surface area contributed by atoms with Gasteiger partial charge < -0.3 is 5.32 Å². The molecule has 0 spiro atoms. The first kappa shape index (κ1) is 14.0. The quantitative estimate of drug-likeness (QED) is 0.534. The van der Waals surface area contributed by atoms with Gasteiger partial charge in [-0.1, -0.05) is 17.7 Å². The minimum Gasteiger partial charge on any atom is -0.307 e. The van der Waals surface area contributed by atoms with Crippen LogP contribution in [-0.2, 0) is 0 Å². The number of aromatic nitrogens is 1. The molecule has 0 aliphatic rings. The summed E-state index contributed by atoms with van der Waals surface area (Å²) < 4.78 is 0. The third-order valence-electron chi connectivity index (χ3n) is 2.62. The minimum absolute atomic E-state index is 0.0556. The number of rotatable bonds is 3. The van der Waals surface area contributed by atoms with Crippen molar-refractivity contribution in [1.29, 1.82) is 0 Å². The van der Waals surface area contributed by atoms with Crippen LogP contribution < -0.4 is 5.32 Å². The zero-order valence-corrected chi connectivity index (χ0v) is 11.2. The highest BCUT2D eigenvalue weighted by Gasteiger charge is 2.14. The summed E-state index contributed by atoms with van der Waals surface area (Å²) in [6.07, 6.45) is 0. The first-order valence-electron chi connectivity index (χ1n) is 5.66. The summed E-state index contributed by atoms with van der Waals surface area (Å²) in [5.41, 5.74) is 0.802. The van der Waals surface area contributed by atoms with Crippen molar-refractivity contribution in [2.75, 3.05) is 5.32 Å². The number of hydrogen-bond acceptors (Lipinski definition) is 4. The number of pyridine rings is 1. The molecule has 7 heteroatoms. The molecule has 0 bridgehead atoms. The Morgan fingerprint density at radius 1 is 1.35 bits per heavy atom. The second-order valence-corrected chi connectivity index (χ2v) is 4.44. The molecule has 102 valence electrons. The Bertz CT molecular complexity index is 688. The van der Waals surface area contributed by atoms with Gasteiger partial charge in [0.05, 0.1) is 4.92 Å². The monoisotopic (exact) mass is 291 g/mol. The number of nitrogens with one attached hydrogen (secondary N) is 1. The van der Waals surface area contributed by atoms with E-state index in [1.165, 1.54) is 18.2 Å². The van der Waals surface area contributed by atoms with Gasteiger partial charge in [0.2, 0.25) is 0 Å². The molecule has 1 aromatic heterocycles. The van der Waals surface area contributed by atoms with Crippen molar-refractivity contribution in [3.63, 3.8) is 0 Å². The normalized spacial score (nSPS) is 10.1. The number of anilines is 1. The third kappa shape index (κ3) is 3.10. The summed E-state index contributed by atoms with van der Waals surface area (Å²) in [7, 11) is 0. The van der Waals surface area contributed by atoms with Gasteiger partial charge in [0.15, 0.2) is 0 Å². The number of non-ortho nitro benzene ring substituents is 1. The van der Waals surface area contributed by atoms with Gasteiger partial charge >= 0.3 is 0 Å². The van der Waals surface area contributed by atoms with E-state index in [1.807, 2.05) is 0 Å². The van der Waals surface area contributed by atoms with E-state index in [4.69, 9.17) is 11.6 Å². The molecular formula is C13H10ClN3O3. The second-order valence-electron chi connectivity index (χ2n) is 4.06. The van der Waals surface area contributed by atoms with Crippen molar-refractivity contribution in [3.8, 4) is 0 Å². The van der Waals surface area contributed by atoms with Crippen LogP contribution in [0, 0.1) is 17.0 Å². The zero-order valence-electron chi connectivity index (χ0n) is 10.5. The van der Waals surface area contributed by atoms with Crippen molar-refractivity contribution < 1.29 is 9.72 Å². The Morgan fingerprint density at radius 3 is 2.70 bits per heavy atom. The fourth-order valence-corrected chi connectivity index (χ4v) is 1.84. The van der Waals surface area contributed by atoms with Gasteiger partial charge in [0.1, 0.15) is 11.0 Å². The topological polar surface area (TPSA) is 85.1 Å². The number of aryl methyl sites for hydroxylation is 1. The SMILES string of the molecule is Cc1cc([N+](=O)[O-])ccc1C(=O)Nc1cccc(Cl)n1. The van der Waals surface area contributed by atoms with Gasteiger partial charge in [-0.3, -0.25) is 14.9 Å². The fraction of sp³-hybridized carbons (Fsp3) is 0.0769. The molecule has 1 N–H and O–H groups in total. The molecule has 2 aromatic rings. The molecule has 2 rings (SSSR count). The first-order valence-corrected chi connectivity index (χ1v) is 6.04. The van der Waals surface area contributed by atoms with Gasteiger partial charge in [0.25, 0.3) is 11.6 Å². The highest BCUT2D eigenvalue weighted by molar-refractivity contribution is 6.29. The lowest BCUT2D eigenvalue weighted by Crippen LogP contribution is -2.14. The number of carbonyl (C=O) groups excluding carboxylic acids is 1. The molecule has 0 radical (unpaired) electrons. The molecule has 0 atom stereocenters. The Kier molecular flexibility index (Phi) is 3.95. The van der Waals surface area contributed by atoms with Crippen LogP contribution in [0.2, 0.25) is 5.15 Å². The lowest BCUT2D eigenvalue weighted by atomic mass is 10.1. The van der Waals surface area contributed by atoms with E-state index in [9.17, 15) is 14.9 Å². The van der Waals surface area contributed by atoms with E-state index in [1.54, 1.807) is 25.1 Å². The van der Waals surface area contributed by atoms with Crippen LogP contribution in [0.5, 0.6) is 0 Å². The minimum atomic E-state index is -0.507. The van der Waals surface area contributed by atoms with Crippen molar-refractivity contribution >= 4 is 29.0 Å². The predicted molar refractivity (Wildman–Crippen MR) is 75.0 cm³/mol. The number of nitro groups is 1. The molecule has 1 aromatic carbocycles. The number of halogens is 1. The number of amides is 1. The van der Waals surface area contributed by atoms with E-state index in [0.29, 0.717) is 16.9 Å². The predicted octanol–water partition coefficient (Wildman–Crippen LogP) is 3.20. The number of nitrogens with zero attached hydrogens (tertiary/aromatic N) is 2. The molecule has 0 aliphatic heterocycles. The highest BCUT2D eigenvalue weighted by atomic mass is 35.5. The molecule has 20 heavy (non-hydrogen) atoms. The Labute approximate surface area is 119 Å². The number of hydrogen-bond donors (Lipinski definition) is 1. The lowest BCUT2D eigenvalue weighted by Gasteiger charge is -2.07. The Morgan fingerprint density at radius 2 is 2.10 bits per heavy atom. The number of benzene rings is 1. The molecule has 0 aliphatic carbocycles. The van der Waals surface area contributed by atoms with Crippen LogP contribution in [0.25, 0.3) is 0 Å². The molecule has 6 nitrogen and oxygen atoms in total. The maximum atomic E-state index is 12.1. The van der Waals surface area contributed by atoms with E-state index in [0.717, 1.165) is 0 Å². The fourth-order valence-electron chi connectivity index (χ4n) is 1.68. The van der Waals surface area contributed by atoms with E-state index in [-0.39, 0.29) is 10.8 Å². The Balaban J connectivity index is 2.23. The standard InChI is InChI=1S/C13H10ClN3O3/c1-8-7-9(17(19)20)5-6-10(8)13(18)16-12-4-2-3-11(14)15-12/h2-7H,1H3,(H,15,16,18). The maximum absolute atomic E-state index is 12.1. The summed E-state index contributed by atoms with van der Waals surface area (Å²) >= 11 is 5.72. The van der Waals surface area contributed by atoms with Crippen LogP contribution in [0.15, 0.2) is 36.4 Å². The average molecular weight is 292 g/mol. The summed E-state index contributed by atoms with van der Waals surface area (Å²) in [6, 6.07) is 8.90. The third-order valence-corrected chi connectivity index (χ3v) is 2.83. The molecule has 1 amide bonds. The molecule has 0 unspecified atom stereocenters. The molecule has 1 heterocycles.